The van der Waals surface area contributed by atoms with Crippen molar-refractivity contribution in [2.45, 2.75) is 12.1 Å². The summed E-state index contributed by atoms with van der Waals surface area (Å²) in [6.07, 6.45) is 0. The molecule has 0 saturated heterocycles. The number of amides is 1. The van der Waals surface area contributed by atoms with Crippen molar-refractivity contribution in [3.8, 4) is 0 Å². The lowest BCUT2D eigenvalue weighted by atomic mass is 10.4. The monoisotopic (exact) mass is 349 g/mol. The number of carbonyl (C=O) groups is 1. The smallest absolute Gasteiger partial charge is 0.271 e. The molecule has 23 heavy (non-hydrogen) atoms. The van der Waals surface area contributed by atoms with Crippen LogP contribution in [0.3, 0.4) is 0 Å². The average molecular weight is 349 g/mol. The van der Waals surface area contributed by atoms with Gasteiger partial charge in [0, 0.05) is 20.2 Å². The van der Waals surface area contributed by atoms with Crippen LogP contribution in [0.1, 0.15) is 5.69 Å². The van der Waals surface area contributed by atoms with E-state index in [4.69, 9.17) is 0 Å². The number of nitrogens with zero attached hydrogens (tertiary/aromatic N) is 4. The zero-order valence-corrected chi connectivity index (χ0v) is 14.5. The van der Waals surface area contributed by atoms with Crippen LogP contribution in [0.5, 0.6) is 0 Å². The summed E-state index contributed by atoms with van der Waals surface area (Å²) in [5.41, 5.74) is 1.42. The molecule has 1 amide bonds. The van der Waals surface area contributed by atoms with Crippen LogP contribution in [0.4, 0.5) is 5.82 Å². The number of fused-ring (bicyclic) bond motifs is 1. The minimum atomic E-state index is -0.169. The molecule has 0 aromatic carbocycles. The number of rotatable bonds is 4. The third kappa shape index (κ3) is 3.15. The van der Waals surface area contributed by atoms with Gasteiger partial charge in [-0.25, -0.2) is 4.98 Å². The van der Waals surface area contributed by atoms with Crippen LogP contribution >= 0.6 is 23.1 Å². The van der Waals surface area contributed by atoms with E-state index in [0.29, 0.717) is 21.2 Å². The second kappa shape index (κ2) is 6.17. The number of carbonyl (C=O) groups excluding carboxylic acids is 1. The van der Waals surface area contributed by atoms with Crippen LogP contribution in [0.25, 0.3) is 10.2 Å². The maximum absolute atomic E-state index is 12.2. The SMILES string of the molecule is Cc1cc(NC(=O)CSc2nc3ccsc3c(=O)n2C)n(C)n1. The summed E-state index contributed by atoms with van der Waals surface area (Å²) in [5, 5.41) is 9.33. The minimum Gasteiger partial charge on any atom is -0.310 e. The van der Waals surface area contributed by atoms with Gasteiger partial charge in [0.05, 0.1) is 17.0 Å². The van der Waals surface area contributed by atoms with E-state index in [-0.39, 0.29) is 17.2 Å². The Morgan fingerprint density at radius 1 is 1.43 bits per heavy atom. The molecule has 1 N–H and O–H groups in total. The average Bonchev–Trinajstić information content (AvgIpc) is 3.08. The van der Waals surface area contributed by atoms with Crippen LogP contribution in [0.15, 0.2) is 27.5 Å². The molecule has 0 aliphatic heterocycles. The van der Waals surface area contributed by atoms with E-state index in [0.717, 1.165) is 5.69 Å². The number of hydrogen-bond acceptors (Lipinski definition) is 6. The standard InChI is InChI=1S/C14H15N5O2S2/c1-8-6-10(19(3)17-8)16-11(20)7-23-14-15-9-4-5-22-12(9)13(21)18(14)2/h4-6H,7H2,1-3H3,(H,16,20). The van der Waals surface area contributed by atoms with Crippen molar-refractivity contribution in [2.24, 2.45) is 14.1 Å². The summed E-state index contributed by atoms with van der Waals surface area (Å²) in [6.45, 7) is 1.86. The van der Waals surface area contributed by atoms with Gasteiger partial charge in [-0.15, -0.1) is 11.3 Å². The highest BCUT2D eigenvalue weighted by atomic mass is 32.2. The van der Waals surface area contributed by atoms with Gasteiger partial charge in [0.2, 0.25) is 5.91 Å². The van der Waals surface area contributed by atoms with Crippen molar-refractivity contribution in [1.29, 1.82) is 0 Å². The minimum absolute atomic E-state index is 0.0878. The van der Waals surface area contributed by atoms with Crippen LogP contribution in [0, 0.1) is 6.92 Å². The molecule has 0 saturated carbocycles. The molecule has 3 rings (SSSR count). The molecule has 0 atom stereocenters. The number of thiophene rings is 1. The summed E-state index contributed by atoms with van der Waals surface area (Å²) in [4.78, 5) is 28.7. The molecule has 9 heteroatoms. The molecule has 3 aromatic rings. The first-order valence-electron chi connectivity index (χ1n) is 6.83. The number of aromatic nitrogens is 4. The number of nitrogens with one attached hydrogen (secondary N) is 1. The molecule has 0 aliphatic carbocycles. The molecule has 0 unspecified atom stereocenters. The Balaban J connectivity index is 1.73. The lowest BCUT2D eigenvalue weighted by molar-refractivity contribution is -0.113. The molecule has 120 valence electrons. The molecule has 3 heterocycles. The van der Waals surface area contributed by atoms with Gasteiger partial charge in [0.25, 0.3) is 5.56 Å². The van der Waals surface area contributed by atoms with E-state index in [1.807, 2.05) is 18.4 Å². The van der Waals surface area contributed by atoms with E-state index in [1.54, 1.807) is 24.8 Å². The second-order valence-corrected chi connectivity index (χ2v) is 6.88. The van der Waals surface area contributed by atoms with Gasteiger partial charge >= 0.3 is 0 Å². The third-order valence-corrected chi connectivity index (χ3v) is 5.17. The summed E-state index contributed by atoms with van der Waals surface area (Å²) < 4.78 is 3.72. The Labute approximate surface area is 140 Å². The number of hydrogen-bond donors (Lipinski definition) is 1. The van der Waals surface area contributed by atoms with Crippen LogP contribution in [-0.2, 0) is 18.9 Å². The fraction of sp³-hybridized carbons (Fsp3) is 0.286. The maximum Gasteiger partial charge on any atom is 0.271 e. The van der Waals surface area contributed by atoms with Crippen molar-refractivity contribution in [3.05, 3.63) is 33.6 Å². The third-order valence-electron chi connectivity index (χ3n) is 3.25. The van der Waals surface area contributed by atoms with Gasteiger partial charge in [0.15, 0.2) is 5.16 Å². The Hall–Kier alpha value is -2.13. The normalized spacial score (nSPS) is 11.1. The first kappa shape index (κ1) is 15.8. The van der Waals surface area contributed by atoms with Gasteiger partial charge < -0.3 is 5.32 Å². The molecular formula is C14H15N5O2S2. The molecule has 0 aliphatic rings. The predicted molar refractivity (Wildman–Crippen MR) is 92.2 cm³/mol. The van der Waals surface area contributed by atoms with E-state index in [1.165, 1.54) is 27.7 Å². The van der Waals surface area contributed by atoms with Crippen molar-refractivity contribution >= 4 is 45.0 Å². The molecule has 0 bridgehead atoms. The quantitative estimate of drug-likeness (QED) is 0.573. The fourth-order valence-electron chi connectivity index (χ4n) is 2.13. The molecule has 0 spiro atoms. The Morgan fingerprint density at radius 3 is 2.91 bits per heavy atom. The lowest BCUT2D eigenvalue weighted by Crippen LogP contribution is -2.21. The van der Waals surface area contributed by atoms with Crippen molar-refractivity contribution < 1.29 is 4.79 Å². The zero-order valence-electron chi connectivity index (χ0n) is 12.9. The largest absolute Gasteiger partial charge is 0.310 e. The van der Waals surface area contributed by atoms with Gasteiger partial charge in [-0.3, -0.25) is 18.8 Å². The number of thioether (sulfide) groups is 1. The molecular weight excluding hydrogens is 334 g/mol. The maximum atomic E-state index is 12.2. The first-order chi connectivity index (χ1) is 11.0. The Morgan fingerprint density at radius 2 is 2.22 bits per heavy atom. The summed E-state index contributed by atoms with van der Waals surface area (Å²) in [5.74, 6) is 0.640. The molecule has 3 aromatic heterocycles. The summed E-state index contributed by atoms with van der Waals surface area (Å²) in [6, 6.07) is 3.61. The van der Waals surface area contributed by atoms with Crippen LogP contribution in [0.2, 0.25) is 0 Å². The molecule has 0 fully saturated rings. The Kier molecular flexibility index (Phi) is 4.22. The van der Waals surface area contributed by atoms with E-state index in [2.05, 4.69) is 15.4 Å². The van der Waals surface area contributed by atoms with E-state index < -0.39 is 0 Å². The molecule has 7 nitrogen and oxygen atoms in total. The lowest BCUT2D eigenvalue weighted by Gasteiger charge is -2.07. The highest BCUT2D eigenvalue weighted by molar-refractivity contribution is 7.99. The van der Waals surface area contributed by atoms with E-state index in [9.17, 15) is 9.59 Å². The van der Waals surface area contributed by atoms with Crippen molar-refractivity contribution in [3.63, 3.8) is 0 Å². The zero-order chi connectivity index (χ0) is 16.6. The Bertz CT molecular complexity index is 940. The topological polar surface area (TPSA) is 81.8 Å². The first-order valence-corrected chi connectivity index (χ1v) is 8.70. The van der Waals surface area contributed by atoms with Gasteiger partial charge in [-0.05, 0) is 18.4 Å². The van der Waals surface area contributed by atoms with Crippen LogP contribution in [-0.4, -0.2) is 31.0 Å². The van der Waals surface area contributed by atoms with Gasteiger partial charge in [-0.1, -0.05) is 11.8 Å². The predicted octanol–water partition coefficient (Wildman–Crippen LogP) is 1.77. The van der Waals surface area contributed by atoms with Crippen molar-refractivity contribution in [2.75, 3.05) is 11.1 Å². The van der Waals surface area contributed by atoms with Gasteiger partial charge in [0.1, 0.15) is 10.5 Å². The fourth-order valence-corrected chi connectivity index (χ4v) is 3.71. The number of anilines is 1. The summed E-state index contributed by atoms with van der Waals surface area (Å²) >= 11 is 2.61. The van der Waals surface area contributed by atoms with Crippen molar-refractivity contribution in [1.82, 2.24) is 19.3 Å². The van der Waals surface area contributed by atoms with Gasteiger partial charge in [-0.2, -0.15) is 5.10 Å². The molecule has 0 radical (unpaired) electrons. The second-order valence-electron chi connectivity index (χ2n) is 5.02. The van der Waals surface area contributed by atoms with E-state index >= 15 is 0 Å². The van der Waals surface area contributed by atoms with Crippen LogP contribution < -0.4 is 10.9 Å². The highest BCUT2D eigenvalue weighted by Crippen LogP contribution is 2.20. The highest BCUT2D eigenvalue weighted by Gasteiger charge is 2.12. The number of aryl methyl sites for hydroxylation is 2. The summed E-state index contributed by atoms with van der Waals surface area (Å²) in [7, 11) is 3.44.